The van der Waals surface area contributed by atoms with Gasteiger partial charge in [-0.3, -0.25) is 5.10 Å². The lowest BCUT2D eigenvalue weighted by atomic mass is 10.1. The molecule has 0 aliphatic carbocycles. The summed E-state index contributed by atoms with van der Waals surface area (Å²) >= 11 is 0. The first-order chi connectivity index (χ1) is 7.31. The second kappa shape index (κ2) is 4.42. The van der Waals surface area contributed by atoms with Crippen LogP contribution in [0.4, 0.5) is 0 Å². The topological polar surface area (TPSA) is 60.9 Å². The number of nitrogens with zero attached hydrogens (tertiary/aromatic N) is 1. The summed E-state index contributed by atoms with van der Waals surface area (Å²) in [5.74, 6) is 0. The van der Waals surface area contributed by atoms with Gasteiger partial charge >= 0.3 is 0 Å². The predicted molar refractivity (Wildman–Crippen MR) is 59.5 cm³/mol. The van der Waals surface area contributed by atoms with Gasteiger partial charge in [0, 0.05) is 18.0 Å². The third kappa shape index (κ3) is 2.16. The standard InChI is InChI=1S/C11H15N3O/c1-8(7-15)12-5-9-3-2-4-10-6-13-14-11(9)10/h2-4,6,8,12,15H,5,7H2,1H3,(H,13,14)/t8-/m0/s1. The number of H-pyrrole nitrogens is 1. The van der Waals surface area contributed by atoms with Crippen LogP contribution in [0.1, 0.15) is 12.5 Å². The lowest BCUT2D eigenvalue weighted by Gasteiger charge is -2.10. The highest BCUT2D eigenvalue weighted by Crippen LogP contribution is 2.15. The van der Waals surface area contributed by atoms with E-state index < -0.39 is 0 Å². The fraction of sp³-hybridized carbons (Fsp3) is 0.364. The number of rotatable bonds is 4. The maximum Gasteiger partial charge on any atom is 0.0695 e. The minimum Gasteiger partial charge on any atom is -0.395 e. The lowest BCUT2D eigenvalue weighted by molar-refractivity contribution is 0.251. The van der Waals surface area contributed by atoms with Crippen molar-refractivity contribution in [1.29, 1.82) is 0 Å². The molecule has 80 valence electrons. The highest BCUT2D eigenvalue weighted by molar-refractivity contribution is 5.81. The van der Waals surface area contributed by atoms with Gasteiger partial charge < -0.3 is 10.4 Å². The molecule has 0 radical (unpaired) electrons. The molecular weight excluding hydrogens is 190 g/mol. The fourth-order valence-electron chi connectivity index (χ4n) is 1.53. The monoisotopic (exact) mass is 205 g/mol. The summed E-state index contributed by atoms with van der Waals surface area (Å²) < 4.78 is 0. The Morgan fingerprint density at radius 3 is 3.20 bits per heavy atom. The molecule has 0 unspecified atom stereocenters. The molecule has 4 heteroatoms. The zero-order valence-electron chi connectivity index (χ0n) is 8.70. The number of hydrogen-bond donors (Lipinski definition) is 3. The largest absolute Gasteiger partial charge is 0.395 e. The zero-order chi connectivity index (χ0) is 10.7. The highest BCUT2D eigenvalue weighted by atomic mass is 16.3. The Hall–Kier alpha value is -1.39. The number of fused-ring (bicyclic) bond motifs is 1. The molecule has 0 spiro atoms. The Morgan fingerprint density at radius 1 is 1.53 bits per heavy atom. The Balaban J connectivity index is 2.17. The molecule has 0 aliphatic rings. The molecule has 0 fully saturated rings. The third-order valence-corrected chi connectivity index (χ3v) is 2.48. The van der Waals surface area contributed by atoms with E-state index in [9.17, 15) is 0 Å². The highest BCUT2D eigenvalue weighted by Gasteiger charge is 2.04. The Kier molecular flexibility index (Phi) is 2.99. The summed E-state index contributed by atoms with van der Waals surface area (Å²) in [4.78, 5) is 0. The molecule has 0 saturated carbocycles. The minimum atomic E-state index is 0.114. The van der Waals surface area contributed by atoms with Crippen LogP contribution in [0.15, 0.2) is 24.4 Å². The van der Waals surface area contributed by atoms with E-state index in [-0.39, 0.29) is 12.6 Å². The van der Waals surface area contributed by atoms with Gasteiger partial charge in [0.2, 0.25) is 0 Å². The Labute approximate surface area is 88.3 Å². The first kappa shape index (κ1) is 10.1. The van der Waals surface area contributed by atoms with Crippen LogP contribution in [-0.2, 0) is 6.54 Å². The molecule has 4 nitrogen and oxygen atoms in total. The van der Waals surface area contributed by atoms with E-state index >= 15 is 0 Å². The number of aromatic amines is 1. The van der Waals surface area contributed by atoms with Crippen LogP contribution in [0.25, 0.3) is 10.9 Å². The molecule has 0 aliphatic heterocycles. The predicted octanol–water partition coefficient (Wildman–Crippen LogP) is 1.03. The van der Waals surface area contributed by atoms with Gasteiger partial charge in [-0.25, -0.2) is 0 Å². The Morgan fingerprint density at radius 2 is 2.40 bits per heavy atom. The van der Waals surface area contributed by atoms with Crippen molar-refractivity contribution in [2.24, 2.45) is 0 Å². The molecule has 1 aromatic heterocycles. The molecule has 0 bridgehead atoms. The molecule has 0 saturated heterocycles. The maximum absolute atomic E-state index is 8.90. The van der Waals surface area contributed by atoms with Crippen molar-refractivity contribution < 1.29 is 5.11 Å². The SMILES string of the molecule is C[C@@H](CO)NCc1cccc2cn[nH]c12. The van der Waals surface area contributed by atoms with Crippen molar-refractivity contribution in [3.8, 4) is 0 Å². The molecule has 2 rings (SSSR count). The van der Waals surface area contributed by atoms with E-state index in [0.29, 0.717) is 0 Å². The van der Waals surface area contributed by atoms with Crippen molar-refractivity contribution in [2.45, 2.75) is 19.5 Å². The quantitative estimate of drug-likeness (QED) is 0.698. The van der Waals surface area contributed by atoms with Crippen LogP contribution in [-0.4, -0.2) is 28.0 Å². The van der Waals surface area contributed by atoms with Gasteiger partial charge in [-0.15, -0.1) is 0 Å². The number of nitrogens with one attached hydrogen (secondary N) is 2. The molecule has 15 heavy (non-hydrogen) atoms. The van der Waals surface area contributed by atoms with E-state index in [1.807, 2.05) is 25.3 Å². The van der Waals surface area contributed by atoms with Crippen LogP contribution in [0.3, 0.4) is 0 Å². The molecule has 1 heterocycles. The number of aliphatic hydroxyl groups is 1. The van der Waals surface area contributed by atoms with E-state index in [0.717, 1.165) is 17.4 Å². The van der Waals surface area contributed by atoms with Gasteiger partial charge in [0.15, 0.2) is 0 Å². The second-order valence-electron chi connectivity index (χ2n) is 3.72. The molecule has 0 amide bonds. The van der Waals surface area contributed by atoms with Crippen LogP contribution in [0, 0.1) is 0 Å². The third-order valence-electron chi connectivity index (χ3n) is 2.48. The van der Waals surface area contributed by atoms with Gasteiger partial charge in [0.05, 0.1) is 18.3 Å². The van der Waals surface area contributed by atoms with E-state index in [2.05, 4.69) is 21.6 Å². The molecular formula is C11H15N3O. The van der Waals surface area contributed by atoms with Crippen LogP contribution in [0.5, 0.6) is 0 Å². The average Bonchev–Trinajstić information content (AvgIpc) is 2.74. The number of hydrogen-bond acceptors (Lipinski definition) is 3. The minimum absolute atomic E-state index is 0.114. The van der Waals surface area contributed by atoms with Crippen molar-refractivity contribution in [3.63, 3.8) is 0 Å². The molecule has 3 N–H and O–H groups in total. The first-order valence-electron chi connectivity index (χ1n) is 5.06. The second-order valence-corrected chi connectivity index (χ2v) is 3.72. The summed E-state index contributed by atoms with van der Waals surface area (Å²) in [6.07, 6.45) is 1.81. The van der Waals surface area contributed by atoms with Crippen molar-refractivity contribution in [3.05, 3.63) is 30.0 Å². The fourth-order valence-corrected chi connectivity index (χ4v) is 1.53. The normalized spacial score (nSPS) is 13.2. The zero-order valence-corrected chi connectivity index (χ0v) is 8.70. The summed E-state index contributed by atoms with van der Waals surface area (Å²) in [5.41, 5.74) is 2.24. The van der Waals surface area contributed by atoms with Crippen molar-refractivity contribution >= 4 is 10.9 Å². The average molecular weight is 205 g/mol. The van der Waals surface area contributed by atoms with E-state index in [1.165, 1.54) is 5.56 Å². The molecule has 1 atom stereocenters. The Bertz CT molecular complexity index is 438. The van der Waals surface area contributed by atoms with Gasteiger partial charge in [-0.2, -0.15) is 5.10 Å². The maximum atomic E-state index is 8.90. The number of aliphatic hydroxyl groups excluding tert-OH is 1. The molecule has 1 aromatic carbocycles. The van der Waals surface area contributed by atoms with E-state index in [1.54, 1.807) is 0 Å². The number of benzene rings is 1. The lowest BCUT2D eigenvalue weighted by Crippen LogP contribution is -2.28. The van der Waals surface area contributed by atoms with Gasteiger partial charge in [-0.1, -0.05) is 18.2 Å². The summed E-state index contributed by atoms with van der Waals surface area (Å²) in [6.45, 7) is 2.84. The summed E-state index contributed by atoms with van der Waals surface area (Å²) in [5, 5.41) is 20.2. The van der Waals surface area contributed by atoms with E-state index in [4.69, 9.17) is 5.11 Å². The molecule has 2 aromatic rings. The smallest absolute Gasteiger partial charge is 0.0695 e. The number of para-hydroxylation sites is 1. The first-order valence-corrected chi connectivity index (χ1v) is 5.06. The van der Waals surface area contributed by atoms with Gasteiger partial charge in [0.1, 0.15) is 0 Å². The van der Waals surface area contributed by atoms with Crippen LogP contribution in [0.2, 0.25) is 0 Å². The van der Waals surface area contributed by atoms with Crippen molar-refractivity contribution in [2.75, 3.05) is 6.61 Å². The van der Waals surface area contributed by atoms with Gasteiger partial charge in [-0.05, 0) is 12.5 Å². The summed E-state index contributed by atoms with van der Waals surface area (Å²) in [7, 11) is 0. The summed E-state index contributed by atoms with van der Waals surface area (Å²) in [6, 6.07) is 6.21. The number of aromatic nitrogens is 2. The van der Waals surface area contributed by atoms with Crippen LogP contribution >= 0.6 is 0 Å². The van der Waals surface area contributed by atoms with Crippen LogP contribution < -0.4 is 5.32 Å². The van der Waals surface area contributed by atoms with Gasteiger partial charge in [0.25, 0.3) is 0 Å². The van der Waals surface area contributed by atoms with Crippen molar-refractivity contribution in [1.82, 2.24) is 15.5 Å².